The number of methoxy groups -OCH3 is 1. The first-order valence-corrected chi connectivity index (χ1v) is 6.48. The predicted molar refractivity (Wildman–Crippen MR) is 81.2 cm³/mol. The van der Waals surface area contributed by atoms with Crippen LogP contribution in [-0.4, -0.2) is 16.6 Å². The minimum atomic E-state index is -0.448. The highest BCUT2D eigenvalue weighted by molar-refractivity contribution is 5.89. The van der Waals surface area contributed by atoms with E-state index in [9.17, 15) is 15.4 Å². The molecule has 0 amide bonds. The van der Waals surface area contributed by atoms with Crippen LogP contribution in [0.5, 0.6) is 5.75 Å². The Balaban J connectivity index is 2.25. The minimum absolute atomic E-state index is 0.00940. The zero-order valence-electron chi connectivity index (χ0n) is 11.7. The standard InChI is InChI=1S/C16H11N3O3/c1-22-14-5-2-12(3-6-14)18-10-11(9-17)15-7-4-13(19(20)21)8-16(15)18/h2-8,10H,1H3. The number of hydrogen-bond acceptors (Lipinski definition) is 4. The molecular formula is C16H11N3O3. The Morgan fingerprint density at radius 3 is 2.55 bits per heavy atom. The molecule has 108 valence electrons. The molecule has 0 aliphatic carbocycles. The van der Waals surface area contributed by atoms with Crippen molar-refractivity contribution in [3.63, 3.8) is 0 Å². The van der Waals surface area contributed by atoms with Gasteiger partial charge in [-0.05, 0) is 30.3 Å². The van der Waals surface area contributed by atoms with Crippen LogP contribution in [0.1, 0.15) is 5.56 Å². The van der Waals surface area contributed by atoms with E-state index >= 15 is 0 Å². The van der Waals surface area contributed by atoms with E-state index in [0.29, 0.717) is 22.2 Å². The molecule has 0 unspecified atom stereocenters. The van der Waals surface area contributed by atoms with Gasteiger partial charge in [-0.25, -0.2) is 0 Å². The van der Waals surface area contributed by atoms with E-state index in [2.05, 4.69) is 6.07 Å². The first kappa shape index (κ1) is 13.6. The van der Waals surface area contributed by atoms with Gasteiger partial charge in [0.2, 0.25) is 0 Å². The molecule has 2 aromatic carbocycles. The fourth-order valence-corrected chi connectivity index (χ4v) is 2.37. The normalized spacial score (nSPS) is 10.4. The highest BCUT2D eigenvalue weighted by Crippen LogP contribution is 2.28. The molecule has 3 rings (SSSR count). The van der Waals surface area contributed by atoms with Crippen LogP contribution in [0.15, 0.2) is 48.7 Å². The average Bonchev–Trinajstić information content (AvgIpc) is 2.92. The Hall–Kier alpha value is -3.33. The van der Waals surface area contributed by atoms with Crippen LogP contribution in [0, 0.1) is 21.4 Å². The van der Waals surface area contributed by atoms with E-state index in [1.807, 2.05) is 12.1 Å². The molecule has 0 bridgehead atoms. The van der Waals surface area contributed by atoms with Crippen LogP contribution in [0.3, 0.4) is 0 Å². The second-order valence-corrected chi connectivity index (χ2v) is 4.68. The van der Waals surface area contributed by atoms with Crippen molar-refractivity contribution in [3.8, 4) is 17.5 Å². The quantitative estimate of drug-likeness (QED) is 0.547. The van der Waals surface area contributed by atoms with Gasteiger partial charge in [-0.1, -0.05) is 0 Å². The van der Waals surface area contributed by atoms with E-state index < -0.39 is 4.92 Å². The monoisotopic (exact) mass is 293 g/mol. The zero-order chi connectivity index (χ0) is 15.7. The van der Waals surface area contributed by atoms with Gasteiger partial charge in [-0.15, -0.1) is 0 Å². The van der Waals surface area contributed by atoms with Crippen molar-refractivity contribution >= 4 is 16.6 Å². The number of hydrogen-bond donors (Lipinski definition) is 0. The number of fused-ring (bicyclic) bond motifs is 1. The molecule has 6 nitrogen and oxygen atoms in total. The van der Waals surface area contributed by atoms with E-state index in [4.69, 9.17) is 4.74 Å². The molecule has 0 spiro atoms. The summed E-state index contributed by atoms with van der Waals surface area (Å²) in [6.45, 7) is 0. The molecule has 0 fully saturated rings. The van der Waals surface area contributed by atoms with Crippen LogP contribution >= 0.6 is 0 Å². The molecule has 0 aliphatic rings. The van der Waals surface area contributed by atoms with Crippen LogP contribution in [-0.2, 0) is 0 Å². The molecule has 3 aromatic rings. The van der Waals surface area contributed by atoms with Gasteiger partial charge in [-0.2, -0.15) is 5.26 Å². The van der Waals surface area contributed by atoms with Crippen molar-refractivity contribution < 1.29 is 9.66 Å². The van der Waals surface area contributed by atoms with Gasteiger partial charge in [-0.3, -0.25) is 10.1 Å². The van der Waals surface area contributed by atoms with Gasteiger partial charge >= 0.3 is 0 Å². The molecule has 6 heteroatoms. The summed E-state index contributed by atoms with van der Waals surface area (Å²) >= 11 is 0. The van der Waals surface area contributed by atoms with E-state index in [-0.39, 0.29) is 5.69 Å². The SMILES string of the molecule is COc1ccc(-n2cc(C#N)c3ccc([N+](=O)[O-])cc32)cc1. The van der Waals surface area contributed by atoms with Crippen molar-refractivity contribution in [1.82, 2.24) is 4.57 Å². The number of non-ortho nitro benzene ring substituents is 1. The first-order chi connectivity index (χ1) is 10.6. The van der Waals surface area contributed by atoms with Crippen LogP contribution < -0.4 is 4.74 Å². The minimum Gasteiger partial charge on any atom is -0.497 e. The average molecular weight is 293 g/mol. The second kappa shape index (κ2) is 5.22. The Kier molecular flexibility index (Phi) is 3.24. The highest BCUT2D eigenvalue weighted by atomic mass is 16.6. The Morgan fingerprint density at radius 1 is 1.23 bits per heavy atom. The third-order valence-corrected chi connectivity index (χ3v) is 3.47. The van der Waals surface area contributed by atoms with E-state index in [0.717, 1.165) is 5.69 Å². The number of benzene rings is 2. The summed E-state index contributed by atoms with van der Waals surface area (Å²) in [6, 6.07) is 13.9. The molecule has 0 saturated heterocycles. The van der Waals surface area contributed by atoms with Crippen LogP contribution in [0.25, 0.3) is 16.6 Å². The largest absolute Gasteiger partial charge is 0.497 e. The molecule has 1 aromatic heterocycles. The lowest BCUT2D eigenvalue weighted by Gasteiger charge is -2.06. The summed E-state index contributed by atoms with van der Waals surface area (Å²) in [5.41, 5.74) is 1.88. The van der Waals surface area contributed by atoms with Crippen LogP contribution in [0.2, 0.25) is 0 Å². The van der Waals surface area contributed by atoms with Crippen molar-refractivity contribution in [2.75, 3.05) is 7.11 Å². The summed E-state index contributed by atoms with van der Waals surface area (Å²) in [4.78, 5) is 10.5. The molecule has 0 aliphatic heterocycles. The fourth-order valence-electron chi connectivity index (χ4n) is 2.37. The maximum Gasteiger partial charge on any atom is 0.271 e. The van der Waals surface area contributed by atoms with Crippen molar-refractivity contribution in [2.45, 2.75) is 0 Å². The van der Waals surface area contributed by atoms with Gasteiger partial charge in [0.05, 0.1) is 23.1 Å². The van der Waals surface area contributed by atoms with Gasteiger partial charge in [0.25, 0.3) is 5.69 Å². The molecule has 22 heavy (non-hydrogen) atoms. The Morgan fingerprint density at radius 2 is 1.95 bits per heavy atom. The topological polar surface area (TPSA) is 81.1 Å². The maximum absolute atomic E-state index is 11.0. The van der Waals surface area contributed by atoms with E-state index in [1.165, 1.54) is 12.1 Å². The number of rotatable bonds is 3. The van der Waals surface area contributed by atoms with Gasteiger partial charge in [0, 0.05) is 29.4 Å². The number of ether oxygens (including phenoxy) is 1. The number of nitriles is 1. The number of nitrogens with zero attached hydrogens (tertiary/aromatic N) is 3. The fraction of sp³-hybridized carbons (Fsp3) is 0.0625. The molecule has 0 atom stereocenters. The summed E-state index contributed by atoms with van der Waals surface area (Å²) in [6.07, 6.45) is 1.68. The smallest absolute Gasteiger partial charge is 0.271 e. The number of nitro groups is 1. The molecular weight excluding hydrogens is 282 g/mol. The predicted octanol–water partition coefficient (Wildman–Crippen LogP) is 3.42. The number of aromatic nitrogens is 1. The number of nitro benzene ring substituents is 1. The lowest BCUT2D eigenvalue weighted by molar-refractivity contribution is -0.384. The molecule has 1 heterocycles. The first-order valence-electron chi connectivity index (χ1n) is 6.48. The second-order valence-electron chi connectivity index (χ2n) is 4.68. The molecule has 0 N–H and O–H groups in total. The van der Waals surface area contributed by atoms with Gasteiger partial charge < -0.3 is 9.30 Å². The van der Waals surface area contributed by atoms with E-state index in [1.54, 1.807) is 36.1 Å². The maximum atomic E-state index is 11.0. The lowest BCUT2D eigenvalue weighted by atomic mass is 10.2. The third kappa shape index (κ3) is 2.15. The Bertz CT molecular complexity index is 905. The van der Waals surface area contributed by atoms with Crippen molar-refractivity contribution in [2.24, 2.45) is 0 Å². The zero-order valence-corrected chi connectivity index (χ0v) is 11.7. The summed E-state index contributed by atoms with van der Waals surface area (Å²) in [5.74, 6) is 0.715. The summed E-state index contributed by atoms with van der Waals surface area (Å²) in [7, 11) is 1.58. The Labute approximate surface area is 125 Å². The highest BCUT2D eigenvalue weighted by Gasteiger charge is 2.14. The lowest BCUT2D eigenvalue weighted by Crippen LogP contribution is -1.93. The van der Waals surface area contributed by atoms with Gasteiger partial charge in [0.15, 0.2) is 0 Å². The van der Waals surface area contributed by atoms with Crippen LogP contribution in [0.4, 0.5) is 5.69 Å². The summed E-state index contributed by atoms with van der Waals surface area (Å²) < 4.78 is 6.88. The summed E-state index contributed by atoms with van der Waals surface area (Å²) in [5, 5.41) is 20.9. The van der Waals surface area contributed by atoms with Crippen molar-refractivity contribution in [1.29, 1.82) is 5.26 Å². The third-order valence-electron chi connectivity index (χ3n) is 3.47. The van der Waals surface area contributed by atoms with Crippen molar-refractivity contribution in [3.05, 3.63) is 64.3 Å². The molecule has 0 saturated carbocycles. The van der Waals surface area contributed by atoms with Gasteiger partial charge in [0.1, 0.15) is 11.8 Å². The molecule has 0 radical (unpaired) electrons.